The van der Waals surface area contributed by atoms with Gasteiger partial charge in [0.05, 0.1) is 7.11 Å². The molecule has 0 saturated carbocycles. The molecule has 0 N–H and O–H groups in total. The number of carbonyl (C=O) groups is 2. The van der Waals surface area contributed by atoms with Gasteiger partial charge in [-0.15, -0.1) is 0 Å². The summed E-state index contributed by atoms with van der Waals surface area (Å²) in [5, 5.41) is 0.136. The van der Waals surface area contributed by atoms with E-state index in [9.17, 15) is 9.59 Å². The van der Waals surface area contributed by atoms with Crippen LogP contribution in [-0.2, 0) is 10.5 Å². The molecule has 0 radical (unpaired) electrons. The van der Waals surface area contributed by atoms with Crippen LogP contribution in [0.25, 0.3) is 0 Å². The molecule has 7 heteroatoms. The number of imide groups is 1. The van der Waals surface area contributed by atoms with Crippen molar-refractivity contribution in [2.24, 2.45) is 0 Å². The Labute approximate surface area is 153 Å². The van der Waals surface area contributed by atoms with Gasteiger partial charge in [-0.2, -0.15) is 11.8 Å². The monoisotopic (exact) mass is 366 g/mol. The number of benzene rings is 1. The lowest BCUT2D eigenvalue weighted by molar-refractivity contribution is 0.0258. The summed E-state index contributed by atoms with van der Waals surface area (Å²) in [5.41, 5.74) is 0.549. The van der Waals surface area contributed by atoms with Crippen LogP contribution < -0.4 is 4.74 Å². The van der Waals surface area contributed by atoms with Crippen molar-refractivity contribution in [1.82, 2.24) is 9.80 Å². The van der Waals surface area contributed by atoms with Crippen LogP contribution in [0.2, 0.25) is 0 Å². The van der Waals surface area contributed by atoms with E-state index in [-0.39, 0.29) is 11.3 Å². The summed E-state index contributed by atoms with van der Waals surface area (Å²) in [7, 11) is 3.35. The van der Waals surface area contributed by atoms with Gasteiger partial charge in [-0.1, -0.05) is 12.1 Å². The zero-order valence-electron chi connectivity index (χ0n) is 15.4. The zero-order valence-corrected chi connectivity index (χ0v) is 16.3. The Hall–Kier alpha value is -1.89. The number of hydrogen-bond acceptors (Lipinski definition) is 5. The fraction of sp³-hybridized carbons (Fsp3) is 0.556. The summed E-state index contributed by atoms with van der Waals surface area (Å²) in [5.74, 6) is 1.63. The number of carbonyl (C=O) groups excluding carboxylic acids is 2. The van der Waals surface area contributed by atoms with Crippen molar-refractivity contribution in [3.63, 3.8) is 0 Å². The van der Waals surface area contributed by atoms with Crippen LogP contribution in [0.1, 0.15) is 26.3 Å². The number of ether oxygens (including phenoxy) is 2. The highest BCUT2D eigenvalue weighted by Gasteiger charge is 2.36. The minimum atomic E-state index is -0.626. The topological polar surface area (TPSA) is 59.1 Å². The molecule has 1 fully saturated rings. The molecule has 0 bridgehead atoms. The smallest absolute Gasteiger partial charge is 0.418 e. The number of methoxy groups -OCH3 is 1. The Bertz CT molecular complexity index is 612. The van der Waals surface area contributed by atoms with E-state index in [0.29, 0.717) is 13.1 Å². The minimum absolute atomic E-state index is 0.136. The normalized spacial score (nSPS) is 18.3. The minimum Gasteiger partial charge on any atom is -0.497 e. The van der Waals surface area contributed by atoms with E-state index in [4.69, 9.17) is 9.47 Å². The highest BCUT2D eigenvalue weighted by molar-refractivity contribution is 7.99. The maximum absolute atomic E-state index is 12.3. The molecule has 0 aromatic heterocycles. The van der Waals surface area contributed by atoms with Crippen molar-refractivity contribution in [2.45, 2.75) is 37.4 Å². The summed E-state index contributed by atoms with van der Waals surface area (Å²) in [6.07, 6.45) is -0.584. The average Bonchev–Trinajstić information content (AvgIpc) is 2.54. The van der Waals surface area contributed by atoms with Gasteiger partial charge < -0.3 is 14.4 Å². The largest absolute Gasteiger partial charge is 0.497 e. The molecule has 1 aromatic carbocycles. The summed E-state index contributed by atoms with van der Waals surface area (Å²) in [6.45, 7) is 6.34. The Kier molecular flexibility index (Phi) is 6.21. The maximum Gasteiger partial charge on any atom is 0.418 e. The lowest BCUT2D eigenvalue weighted by Gasteiger charge is -2.37. The van der Waals surface area contributed by atoms with E-state index in [1.54, 1.807) is 51.6 Å². The molecule has 1 aromatic rings. The molecule has 1 aliphatic heterocycles. The first kappa shape index (κ1) is 19.4. The van der Waals surface area contributed by atoms with Crippen LogP contribution in [0.4, 0.5) is 9.59 Å². The third kappa shape index (κ3) is 5.56. The molecule has 1 atom stereocenters. The van der Waals surface area contributed by atoms with Gasteiger partial charge in [0.1, 0.15) is 11.4 Å². The molecule has 1 unspecified atom stereocenters. The van der Waals surface area contributed by atoms with Gasteiger partial charge in [0.25, 0.3) is 0 Å². The molecule has 0 spiro atoms. The highest BCUT2D eigenvalue weighted by atomic mass is 32.2. The second-order valence-electron chi connectivity index (χ2n) is 7.04. The van der Waals surface area contributed by atoms with Gasteiger partial charge in [0.2, 0.25) is 0 Å². The molecule has 25 heavy (non-hydrogen) atoms. The lowest BCUT2D eigenvalue weighted by atomic mass is 10.2. The quantitative estimate of drug-likeness (QED) is 0.815. The number of nitrogens with zero attached hydrogens (tertiary/aromatic N) is 2. The maximum atomic E-state index is 12.3. The first-order chi connectivity index (χ1) is 11.7. The van der Waals surface area contributed by atoms with E-state index in [0.717, 1.165) is 11.5 Å². The summed E-state index contributed by atoms with van der Waals surface area (Å²) < 4.78 is 10.5. The molecular weight excluding hydrogens is 340 g/mol. The number of rotatable bonds is 4. The fourth-order valence-electron chi connectivity index (χ4n) is 2.44. The number of amides is 3. The second-order valence-corrected chi connectivity index (χ2v) is 8.32. The van der Waals surface area contributed by atoms with Crippen LogP contribution in [-0.4, -0.2) is 60.0 Å². The van der Waals surface area contributed by atoms with E-state index in [1.165, 1.54) is 10.5 Å². The van der Waals surface area contributed by atoms with Gasteiger partial charge in [-0.25, -0.2) is 14.5 Å². The third-order valence-electron chi connectivity index (χ3n) is 3.68. The standard InChI is InChI=1S/C18H26N2O4S/c1-18(2,3)24-17(22)20-11-15(10-19(4)16(20)21)25-12-13-6-8-14(23-5)9-7-13/h6-9,15H,10-12H2,1-5H3. The molecule has 6 nitrogen and oxygen atoms in total. The third-order valence-corrected chi connectivity index (χ3v) is 4.95. The Balaban J connectivity index is 1.96. The molecule has 1 aliphatic rings. The van der Waals surface area contributed by atoms with Crippen molar-refractivity contribution >= 4 is 23.9 Å². The summed E-state index contributed by atoms with van der Waals surface area (Å²) in [4.78, 5) is 27.3. The molecular formula is C18H26N2O4S. The lowest BCUT2D eigenvalue weighted by Crippen LogP contribution is -2.56. The van der Waals surface area contributed by atoms with E-state index in [2.05, 4.69) is 0 Å². The van der Waals surface area contributed by atoms with Crippen molar-refractivity contribution in [3.8, 4) is 5.75 Å². The zero-order chi connectivity index (χ0) is 18.6. The summed E-state index contributed by atoms with van der Waals surface area (Å²) in [6, 6.07) is 7.60. The van der Waals surface area contributed by atoms with E-state index >= 15 is 0 Å². The average molecular weight is 366 g/mol. The van der Waals surface area contributed by atoms with Crippen LogP contribution in [0.5, 0.6) is 5.75 Å². The van der Waals surface area contributed by atoms with Gasteiger partial charge in [-0.3, -0.25) is 0 Å². The van der Waals surface area contributed by atoms with Crippen molar-refractivity contribution in [2.75, 3.05) is 27.2 Å². The van der Waals surface area contributed by atoms with Gasteiger partial charge in [0.15, 0.2) is 0 Å². The fourth-order valence-corrected chi connectivity index (χ4v) is 3.64. The van der Waals surface area contributed by atoms with E-state index < -0.39 is 11.7 Å². The molecule has 0 aliphatic carbocycles. The molecule has 2 rings (SSSR count). The number of thioether (sulfide) groups is 1. The van der Waals surface area contributed by atoms with Crippen LogP contribution in [0.15, 0.2) is 24.3 Å². The SMILES string of the molecule is COc1ccc(CSC2CN(C)C(=O)N(C(=O)OC(C)(C)C)C2)cc1. The van der Waals surface area contributed by atoms with Crippen molar-refractivity contribution < 1.29 is 19.1 Å². The van der Waals surface area contributed by atoms with E-state index in [1.807, 2.05) is 24.3 Å². The molecule has 3 amide bonds. The Morgan fingerprint density at radius 1 is 1.24 bits per heavy atom. The highest BCUT2D eigenvalue weighted by Crippen LogP contribution is 2.25. The van der Waals surface area contributed by atoms with Crippen LogP contribution in [0.3, 0.4) is 0 Å². The van der Waals surface area contributed by atoms with Gasteiger partial charge >= 0.3 is 12.1 Å². The predicted octanol–water partition coefficient (Wildman–Crippen LogP) is 3.60. The molecule has 138 valence electrons. The number of hydrogen-bond donors (Lipinski definition) is 0. The Morgan fingerprint density at radius 2 is 1.88 bits per heavy atom. The first-order valence-electron chi connectivity index (χ1n) is 8.20. The summed E-state index contributed by atoms with van der Waals surface area (Å²) >= 11 is 1.72. The Morgan fingerprint density at radius 3 is 2.44 bits per heavy atom. The van der Waals surface area contributed by atoms with Gasteiger partial charge in [0, 0.05) is 31.1 Å². The van der Waals surface area contributed by atoms with Crippen LogP contribution in [0, 0.1) is 0 Å². The number of urea groups is 1. The second kappa shape index (κ2) is 7.99. The molecule has 1 saturated heterocycles. The predicted molar refractivity (Wildman–Crippen MR) is 99.0 cm³/mol. The van der Waals surface area contributed by atoms with Gasteiger partial charge in [-0.05, 0) is 38.5 Å². The first-order valence-corrected chi connectivity index (χ1v) is 9.24. The van der Waals surface area contributed by atoms with Crippen molar-refractivity contribution in [3.05, 3.63) is 29.8 Å². The molecule has 1 heterocycles. The van der Waals surface area contributed by atoms with Crippen molar-refractivity contribution in [1.29, 1.82) is 0 Å². The van der Waals surface area contributed by atoms with Crippen LogP contribution >= 0.6 is 11.8 Å².